The van der Waals surface area contributed by atoms with Gasteiger partial charge in [-0.2, -0.15) is 5.26 Å². The molecule has 0 aliphatic carbocycles. The minimum absolute atomic E-state index is 0.272. The molecule has 0 aromatic heterocycles. The van der Waals surface area contributed by atoms with Crippen LogP contribution in [0.15, 0.2) is 35.5 Å². The van der Waals surface area contributed by atoms with Gasteiger partial charge in [0, 0.05) is 18.5 Å². The monoisotopic (exact) mass is 396 g/mol. The second-order valence-corrected chi connectivity index (χ2v) is 6.06. The van der Waals surface area contributed by atoms with Gasteiger partial charge in [-0.15, -0.1) is 0 Å². The van der Waals surface area contributed by atoms with Gasteiger partial charge in [0.25, 0.3) is 11.8 Å². The van der Waals surface area contributed by atoms with Gasteiger partial charge in [0.2, 0.25) is 5.91 Å². The maximum absolute atomic E-state index is 13.4. The predicted octanol–water partition coefficient (Wildman–Crippen LogP) is 2.69. The molecule has 8 heteroatoms. The van der Waals surface area contributed by atoms with Gasteiger partial charge in [0.15, 0.2) is 0 Å². The van der Waals surface area contributed by atoms with Crippen LogP contribution in [0.5, 0.6) is 0 Å². The Morgan fingerprint density at radius 2 is 2.04 bits per heavy atom. The summed E-state index contributed by atoms with van der Waals surface area (Å²) in [7, 11) is 0. The van der Waals surface area contributed by atoms with Crippen molar-refractivity contribution in [3.8, 4) is 6.07 Å². The normalized spacial score (nSPS) is 19.1. The molecule has 0 bridgehead atoms. The average molecular weight is 396 g/mol. The first-order valence-electron chi connectivity index (χ1n) is 9.33. The summed E-state index contributed by atoms with van der Waals surface area (Å²) in [5.41, 5.74) is 6.60. The Morgan fingerprint density at radius 1 is 1.39 bits per heavy atom. The van der Waals surface area contributed by atoms with E-state index in [1.54, 1.807) is 31.2 Å². The van der Waals surface area contributed by atoms with E-state index in [0.717, 1.165) is 16.9 Å². The van der Waals surface area contributed by atoms with Crippen molar-refractivity contribution in [3.05, 3.63) is 35.5 Å². The molecule has 0 aromatic carbocycles. The van der Waals surface area contributed by atoms with Crippen LogP contribution in [0, 0.1) is 11.3 Å². The molecule has 1 aliphatic rings. The van der Waals surface area contributed by atoms with Crippen molar-refractivity contribution < 1.29 is 18.4 Å². The molecule has 6 nitrogen and oxygen atoms in total. The van der Waals surface area contributed by atoms with E-state index < -0.39 is 43.3 Å². The summed E-state index contributed by atoms with van der Waals surface area (Å²) >= 11 is 0. The lowest BCUT2D eigenvalue weighted by Crippen LogP contribution is -2.43. The van der Waals surface area contributed by atoms with Crippen LogP contribution < -0.4 is 11.1 Å². The Hall–Kier alpha value is -2.53. The minimum atomic E-state index is -3.09. The van der Waals surface area contributed by atoms with Crippen molar-refractivity contribution in [3.63, 3.8) is 0 Å². The highest BCUT2D eigenvalue weighted by Crippen LogP contribution is 2.31. The Kier molecular flexibility index (Phi) is 11.6. The SMILES string of the molecule is CC.CC/C=C/C=C(\C=C(/C)CN)C(=O)NCC(=O)N1CC(F)(F)CC1C#N. The Balaban J connectivity index is 0.00000352. The number of carbonyl (C=O) groups excluding carboxylic acids is 2. The van der Waals surface area contributed by atoms with Crippen molar-refractivity contribution in [1.82, 2.24) is 10.2 Å². The quantitative estimate of drug-likeness (QED) is 0.510. The van der Waals surface area contributed by atoms with Crippen LogP contribution in [0.25, 0.3) is 0 Å². The smallest absolute Gasteiger partial charge is 0.268 e. The van der Waals surface area contributed by atoms with E-state index >= 15 is 0 Å². The van der Waals surface area contributed by atoms with Crippen molar-refractivity contribution in [2.24, 2.45) is 5.73 Å². The lowest BCUT2D eigenvalue weighted by molar-refractivity contribution is -0.133. The van der Waals surface area contributed by atoms with Gasteiger partial charge in [0.05, 0.1) is 19.2 Å². The fraction of sp³-hybridized carbons (Fsp3) is 0.550. The van der Waals surface area contributed by atoms with E-state index in [-0.39, 0.29) is 6.54 Å². The zero-order valence-electron chi connectivity index (χ0n) is 17.0. The molecule has 156 valence electrons. The zero-order chi connectivity index (χ0) is 21.7. The number of amides is 2. The summed E-state index contributed by atoms with van der Waals surface area (Å²) < 4.78 is 26.8. The first-order valence-corrected chi connectivity index (χ1v) is 9.33. The van der Waals surface area contributed by atoms with Gasteiger partial charge in [-0.3, -0.25) is 9.59 Å². The van der Waals surface area contributed by atoms with E-state index in [1.165, 1.54) is 0 Å². The predicted molar refractivity (Wildman–Crippen MR) is 105 cm³/mol. The van der Waals surface area contributed by atoms with E-state index in [1.807, 2.05) is 26.8 Å². The topological polar surface area (TPSA) is 99.2 Å². The van der Waals surface area contributed by atoms with Crippen molar-refractivity contribution >= 4 is 11.8 Å². The number of alkyl halides is 2. The van der Waals surface area contributed by atoms with E-state index in [0.29, 0.717) is 5.57 Å². The molecule has 0 aromatic rings. The minimum Gasteiger partial charge on any atom is -0.343 e. The second kappa shape index (κ2) is 12.8. The zero-order valence-corrected chi connectivity index (χ0v) is 17.0. The van der Waals surface area contributed by atoms with E-state index in [4.69, 9.17) is 11.0 Å². The number of likely N-dealkylation sites (tertiary alicyclic amines) is 1. The molecule has 1 aliphatic heterocycles. The average Bonchev–Trinajstić information content (AvgIpc) is 3.01. The molecular formula is C20H30F2N4O2. The van der Waals surface area contributed by atoms with Crippen LogP contribution in [0.4, 0.5) is 8.78 Å². The maximum Gasteiger partial charge on any atom is 0.268 e. The Morgan fingerprint density at radius 3 is 2.57 bits per heavy atom. The van der Waals surface area contributed by atoms with Crippen LogP contribution in [0.2, 0.25) is 0 Å². The number of nitrogens with one attached hydrogen (secondary N) is 1. The van der Waals surface area contributed by atoms with E-state index in [9.17, 15) is 18.4 Å². The molecule has 1 heterocycles. The number of hydrogen-bond donors (Lipinski definition) is 2. The fourth-order valence-corrected chi connectivity index (χ4v) is 2.38. The second-order valence-electron chi connectivity index (χ2n) is 6.06. The first-order chi connectivity index (χ1) is 13.2. The molecule has 1 rings (SSSR count). The van der Waals surface area contributed by atoms with Crippen molar-refractivity contribution in [2.45, 2.75) is 52.5 Å². The molecule has 1 saturated heterocycles. The number of rotatable bonds is 7. The fourth-order valence-electron chi connectivity index (χ4n) is 2.38. The van der Waals surface area contributed by atoms with Crippen LogP contribution in [-0.2, 0) is 9.59 Å². The third kappa shape index (κ3) is 8.44. The molecule has 28 heavy (non-hydrogen) atoms. The lowest BCUT2D eigenvalue weighted by Gasteiger charge is -2.19. The molecule has 0 saturated carbocycles. The van der Waals surface area contributed by atoms with Gasteiger partial charge in [0.1, 0.15) is 6.04 Å². The van der Waals surface area contributed by atoms with Gasteiger partial charge in [-0.05, 0) is 25.5 Å². The van der Waals surface area contributed by atoms with Crippen molar-refractivity contribution in [2.75, 3.05) is 19.6 Å². The van der Waals surface area contributed by atoms with E-state index in [2.05, 4.69) is 5.32 Å². The molecule has 1 atom stereocenters. The standard InChI is InChI=1S/C18H24F2N4O2.C2H6/c1-3-4-5-6-14(7-13(2)9-21)17(26)23-11-16(25)24-12-18(19,20)8-15(24)10-22;1-2/h4-7,15H,3,8-9,11-12,21H2,1-2H3,(H,23,26);1-2H3/b5-4+,13-7+,14-6+;. The van der Waals surface area contributed by atoms with Gasteiger partial charge in [-0.1, -0.05) is 38.5 Å². The highest BCUT2D eigenvalue weighted by molar-refractivity contribution is 5.98. The highest BCUT2D eigenvalue weighted by Gasteiger charge is 2.47. The van der Waals surface area contributed by atoms with Gasteiger partial charge >= 0.3 is 0 Å². The summed E-state index contributed by atoms with van der Waals surface area (Å²) in [4.78, 5) is 25.2. The molecule has 1 fully saturated rings. The molecule has 0 radical (unpaired) electrons. The molecule has 3 N–H and O–H groups in total. The summed E-state index contributed by atoms with van der Waals surface area (Å²) in [5.74, 6) is -4.33. The third-order valence-corrected chi connectivity index (χ3v) is 3.77. The lowest BCUT2D eigenvalue weighted by atomic mass is 10.1. The highest BCUT2D eigenvalue weighted by atomic mass is 19.3. The summed E-state index contributed by atoms with van der Waals surface area (Å²) in [6, 6.07) is 0.513. The number of nitriles is 1. The number of nitrogens with two attached hydrogens (primary N) is 1. The van der Waals surface area contributed by atoms with Gasteiger partial charge < -0.3 is 16.0 Å². The largest absolute Gasteiger partial charge is 0.343 e. The molecular weight excluding hydrogens is 366 g/mol. The maximum atomic E-state index is 13.4. The summed E-state index contributed by atoms with van der Waals surface area (Å²) in [6.07, 6.45) is 6.86. The molecule has 2 amide bonds. The number of carbonyl (C=O) groups is 2. The number of halogens is 2. The van der Waals surface area contributed by atoms with Crippen LogP contribution in [0.1, 0.15) is 40.5 Å². The van der Waals surface area contributed by atoms with Crippen LogP contribution in [0.3, 0.4) is 0 Å². The Bertz CT molecular complexity index is 664. The summed E-state index contributed by atoms with van der Waals surface area (Å²) in [5, 5.41) is 11.3. The van der Waals surface area contributed by atoms with Crippen molar-refractivity contribution in [1.29, 1.82) is 5.26 Å². The summed E-state index contributed by atoms with van der Waals surface area (Å²) in [6.45, 7) is 6.71. The number of nitrogens with zero attached hydrogens (tertiary/aromatic N) is 2. The number of hydrogen-bond acceptors (Lipinski definition) is 4. The first kappa shape index (κ1) is 25.5. The third-order valence-electron chi connectivity index (χ3n) is 3.77. The van der Waals surface area contributed by atoms with Crippen LogP contribution in [-0.4, -0.2) is 48.3 Å². The molecule has 1 unspecified atom stereocenters. The number of allylic oxidation sites excluding steroid dienone is 3. The van der Waals surface area contributed by atoms with Crippen LogP contribution >= 0.6 is 0 Å². The molecule has 0 spiro atoms. The van der Waals surface area contributed by atoms with Gasteiger partial charge in [-0.25, -0.2) is 8.78 Å². The Labute approximate surface area is 165 Å².